The summed E-state index contributed by atoms with van der Waals surface area (Å²) < 4.78 is 10.5. The Morgan fingerprint density at radius 1 is 1.04 bits per heavy atom. The Labute approximate surface area is 141 Å². The molecule has 0 heterocycles. The number of carbonyl (C=O) groups excluding carboxylic acids is 2. The molecular formula is C18H20N2O4. The maximum atomic E-state index is 12.3. The fourth-order valence-electron chi connectivity index (χ4n) is 2.24. The molecule has 24 heavy (non-hydrogen) atoms. The topological polar surface area (TPSA) is 67.9 Å². The normalized spacial score (nSPS) is 9.96. The molecule has 0 saturated heterocycles. The van der Waals surface area contributed by atoms with E-state index >= 15 is 0 Å². The van der Waals surface area contributed by atoms with Crippen molar-refractivity contribution < 1.29 is 19.1 Å². The lowest BCUT2D eigenvalue weighted by Crippen LogP contribution is -2.36. The molecule has 0 aliphatic rings. The van der Waals surface area contributed by atoms with Crippen LogP contribution in [-0.2, 0) is 9.59 Å². The molecule has 1 N–H and O–H groups in total. The monoisotopic (exact) mass is 328 g/mol. The number of rotatable bonds is 6. The van der Waals surface area contributed by atoms with Crippen molar-refractivity contribution in [1.29, 1.82) is 0 Å². The Hall–Kier alpha value is -3.02. The molecule has 6 nitrogen and oxygen atoms in total. The number of methoxy groups -OCH3 is 2. The summed E-state index contributed by atoms with van der Waals surface area (Å²) in [6.07, 6.45) is 0. The van der Waals surface area contributed by atoms with Crippen LogP contribution in [0.2, 0.25) is 0 Å². The van der Waals surface area contributed by atoms with E-state index in [1.807, 2.05) is 18.2 Å². The van der Waals surface area contributed by atoms with Gasteiger partial charge in [-0.1, -0.05) is 18.2 Å². The van der Waals surface area contributed by atoms with Crippen LogP contribution in [0, 0.1) is 0 Å². The van der Waals surface area contributed by atoms with Crippen LogP contribution in [0.15, 0.2) is 48.5 Å². The summed E-state index contributed by atoms with van der Waals surface area (Å²) in [4.78, 5) is 25.7. The maximum Gasteiger partial charge on any atom is 0.244 e. The quantitative estimate of drug-likeness (QED) is 0.885. The van der Waals surface area contributed by atoms with Gasteiger partial charge in [-0.25, -0.2) is 0 Å². The first-order valence-corrected chi connectivity index (χ1v) is 7.40. The van der Waals surface area contributed by atoms with Crippen molar-refractivity contribution in [3.8, 4) is 11.5 Å². The SMILES string of the molecule is COc1ccc(OC)c(N(CC(=O)Nc2ccccc2)C(C)=O)c1. The van der Waals surface area contributed by atoms with Crippen molar-refractivity contribution in [2.24, 2.45) is 0 Å². The molecule has 0 unspecified atom stereocenters. The largest absolute Gasteiger partial charge is 0.497 e. The number of para-hydroxylation sites is 1. The van der Waals surface area contributed by atoms with Crippen molar-refractivity contribution in [3.63, 3.8) is 0 Å². The lowest BCUT2D eigenvalue weighted by molar-refractivity contribution is -0.120. The highest BCUT2D eigenvalue weighted by atomic mass is 16.5. The van der Waals surface area contributed by atoms with E-state index in [9.17, 15) is 9.59 Å². The lowest BCUT2D eigenvalue weighted by atomic mass is 10.2. The van der Waals surface area contributed by atoms with Gasteiger partial charge in [-0.2, -0.15) is 0 Å². The van der Waals surface area contributed by atoms with E-state index in [1.54, 1.807) is 30.3 Å². The first-order chi connectivity index (χ1) is 11.5. The average molecular weight is 328 g/mol. The van der Waals surface area contributed by atoms with Gasteiger partial charge >= 0.3 is 0 Å². The first-order valence-electron chi connectivity index (χ1n) is 7.40. The second-order valence-corrected chi connectivity index (χ2v) is 5.06. The predicted octanol–water partition coefficient (Wildman–Crippen LogP) is 2.70. The number of nitrogens with one attached hydrogen (secondary N) is 1. The van der Waals surface area contributed by atoms with Gasteiger partial charge in [0, 0.05) is 18.7 Å². The zero-order chi connectivity index (χ0) is 17.5. The lowest BCUT2D eigenvalue weighted by Gasteiger charge is -2.23. The number of nitrogens with zero attached hydrogens (tertiary/aromatic N) is 1. The number of hydrogen-bond acceptors (Lipinski definition) is 4. The minimum absolute atomic E-state index is 0.131. The number of amides is 2. The van der Waals surface area contributed by atoms with Gasteiger partial charge < -0.3 is 14.8 Å². The molecular weight excluding hydrogens is 308 g/mol. The molecule has 126 valence electrons. The van der Waals surface area contributed by atoms with Crippen molar-refractivity contribution in [2.75, 3.05) is 31.0 Å². The zero-order valence-electron chi connectivity index (χ0n) is 13.9. The van der Waals surface area contributed by atoms with Gasteiger partial charge in [0.25, 0.3) is 0 Å². The molecule has 0 bridgehead atoms. The minimum atomic E-state index is -0.304. The van der Waals surface area contributed by atoms with Crippen LogP contribution in [0.3, 0.4) is 0 Å². The molecule has 0 saturated carbocycles. The van der Waals surface area contributed by atoms with Gasteiger partial charge in [0.2, 0.25) is 11.8 Å². The molecule has 6 heteroatoms. The Balaban J connectivity index is 2.23. The van der Waals surface area contributed by atoms with Gasteiger partial charge in [0.05, 0.1) is 19.9 Å². The Morgan fingerprint density at radius 3 is 2.33 bits per heavy atom. The van der Waals surface area contributed by atoms with E-state index in [1.165, 1.54) is 26.0 Å². The van der Waals surface area contributed by atoms with Crippen LogP contribution in [-0.4, -0.2) is 32.6 Å². The summed E-state index contributed by atoms with van der Waals surface area (Å²) >= 11 is 0. The zero-order valence-corrected chi connectivity index (χ0v) is 13.9. The minimum Gasteiger partial charge on any atom is -0.497 e. The summed E-state index contributed by atoms with van der Waals surface area (Å²) in [5.74, 6) is 0.477. The Morgan fingerprint density at radius 2 is 1.75 bits per heavy atom. The maximum absolute atomic E-state index is 12.3. The average Bonchev–Trinajstić information content (AvgIpc) is 2.59. The molecule has 0 aliphatic carbocycles. The summed E-state index contributed by atoms with van der Waals surface area (Å²) in [5.41, 5.74) is 1.15. The molecule has 0 aromatic heterocycles. The van der Waals surface area contributed by atoms with Gasteiger partial charge in [-0.15, -0.1) is 0 Å². The van der Waals surface area contributed by atoms with Crippen LogP contribution in [0.5, 0.6) is 11.5 Å². The van der Waals surface area contributed by atoms with Crippen LogP contribution in [0.1, 0.15) is 6.92 Å². The highest BCUT2D eigenvalue weighted by Gasteiger charge is 2.20. The standard InChI is InChI=1S/C18H20N2O4/c1-13(21)20(12-18(22)19-14-7-5-4-6-8-14)16-11-15(23-2)9-10-17(16)24-3/h4-11H,12H2,1-3H3,(H,19,22). The molecule has 2 aromatic carbocycles. The summed E-state index contributed by atoms with van der Waals surface area (Å²) in [5, 5.41) is 2.76. The second kappa shape index (κ2) is 8.01. The molecule has 2 rings (SSSR count). The highest BCUT2D eigenvalue weighted by Crippen LogP contribution is 2.32. The van der Waals surface area contributed by atoms with Gasteiger partial charge in [-0.3, -0.25) is 14.5 Å². The predicted molar refractivity (Wildman–Crippen MR) is 92.6 cm³/mol. The molecule has 0 fully saturated rings. The third-order valence-electron chi connectivity index (χ3n) is 3.42. The van der Waals surface area contributed by atoms with Crippen LogP contribution < -0.4 is 19.7 Å². The van der Waals surface area contributed by atoms with Crippen molar-refractivity contribution in [2.45, 2.75) is 6.92 Å². The van der Waals surface area contributed by atoms with Crippen LogP contribution in [0.25, 0.3) is 0 Å². The number of benzene rings is 2. The highest BCUT2D eigenvalue weighted by molar-refractivity contribution is 6.02. The fraction of sp³-hybridized carbons (Fsp3) is 0.222. The Kier molecular flexibility index (Phi) is 5.78. The van der Waals surface area contributed by atoms with E-state index in [2.05, 4.69) is 5.32 Å². The number of hydrogen-bond donors (Lipinski definition) is 1. The van der Waals surface area contributed by atoms with Gasteiger partial charge in [-0.05, 0) is 24.3 Å². The van der Waals surface area contributed by atoms with Crippen LogP contribution in [0.4, 0.5) is 11.4 Å². The van der Waals surface area contributed by atoms with E-state index in [0.717, 1.165) is 0 Å². The number of carbonyl (C=O) groups is 2. The van der Waals surface area contributed by atoms with E-state index in [-0.39, 0.29) is 18.4 Å². The summed E-state index contributed by atoms with van der Waals surface area (Å²) in [7, 11) is 3.04. The van der Waals surface area contributed by atoms with Crippen molar-refractivity contribution >= 4 is 23.2 Å². The molecule has 2 aromatic rings. The van der Waals surface area contributed by atoms with Crippen molar-refractivity contribution in [3.05, 3.63) is 48.5 Å². The van der Waals surface area contributed by atoms with E-state index in [0.29, 0.717) is 22.9 Å². The fourth-order valence-corrected chi connectivity index (χ4v) is 2.24. The third kappa shape index (κ3) is 4.25. The van der Waals surface area contributed by atoms with Gasteiger partial charge in [0.15, 0.2) is 0 Å². The van der Waals surface area contributed by atoms with E-state index < -0.39 is 0 Å². The molecule has 0 radical (unpaired) electrons. The molecule has 0 atom stereocenters. The second-order valence-electron chi connectivity index (χ2n) is 5.06. The third-order valence-corrected chi connectivity index (χ3v) is 3.42. The Bertz CT molecular complexity index is 716. The molecule has 2 amide bonds. The van der Waals surface area contributed by atoms with Crippen LogP contribution >= 0.6 is 0 Å². The summed E-state index contributed by atoms with van der Waals surface area (Å²) in [6.45, 7) is 1.27. The van der Waals surface area contributed by atoms with E-state index in [4.69, 9.17) is 9.47 Å². The summed E-state index contributed by atoms with van der Waals surface area (Å²) in [6, 6.07) is 14.1. The smallest absolute Gasteiger partial charge is 0.244 e. The van der Waals surface area contributed by atoms with Crippen molar-refractivity contribution in [1.82, 2.24) is 0 Å². The molecule has 0 aliphatic heterocycles. The number of ether oxygens (including phenoxy) is 2. The first kappa shape index (κ1) is 17.3. The number of anilines is 2. The molecule has 0 spiro atoms. The van der Waals surface area contributed by atoms with Gasteiger partial charge in [0.1, 0.15) is 18.0 Å².